The number of halogens is 1. The Bertz CT molecular complexity index is 1330. The Kier molecular flexibility index (Phi) is 7.05. The predicted molar refractivity (Wildman–Crippen MR) is 126 cm³/mol. The first kappa shape index (κ1) is 24.5. The average molecular weight is 490 g/mol. The lowest BCUT2D eigenvalue weighted by Gasteiger charge is -2.23. The van der Waals surface area contributed by atoms with E-state index >= 15 is 0 Å². The maximum absolute atomic E-state index is 13.1. The van der Waals surface area contributed by atoms with Crippen molar-refractivity contribution in [3.05, 3.63) is 65.8 Å². The lowest BCUT2D eigenvalue weighted by Crippen LogP contribution is -2.43. The third-order valence-electron chi connectivity index (χ3n) is 5.96. The Hall–Kier alpha value is -4.59. The molecule has 0 spiro atoms. The van der Waals surface area contributed by atoms with Gasteiger partial charge in [0, 0.05) is 24.8 Å². The highest BCUT2D eigenvalue weighted by atomic mass is 19.1. The SMILES string of the molecule is Cc1ccccc1NC(=O)C1CC(C#N)N(C(=O)CN(C)C(=O)c2nnc(-c3ccc(F)cc3)o2)C1. The van der Waals surface area contributed by atoms with Crippen molar-refractivity contribution < 1.29 is 23.2 Å². The van der Waals surface area contributed by atoms with Gasteiger partial charge in [-0.15, -0.1) is 10.2 Å². The van der Waals surface area contributed by atoms with Crippen LogP contribution < -0.4 is 5.32 Å². The molecular weight excluding hydrogens is 467 g/mol. The van der Waals surface area contributed by atoms with Crippen LogP contribution in [0.3, 0.4) is 0 Å². The standard InChI is InChI=1S/C25H23FN6O4/c1-15-5-3-4-6-20(15)28-22(34)17-11-19(12-27)32(13-17)21(33)14-31(2)25(35)24-30-29-23(36-24)16-7-9-18(26)10-8-16/h3-10,17,19H,11,13-14H2,1-2H3,(H,28,34). The number of aromatic nitrogens is 2. The molecule has 0 aliphatic carbocycles. The van der Waals surface area contributed by atoms with Crippen molar-refractivity contribution in [1.82, 2.24) is 20.0 Å². The van der Waals surface area contributed by atoms with Crippen molar-refractivity contribution >= 4 is 23.4 Å². The van der Waals surface area contributed by atoms with E-state index in [1.54, 1.807) is 6.07 Å². The molecule has 1 aliphatic heterocycles. The molecular formula is C25H23FN6O4. The van der Waals surface area contributed by atoms with E-state index in [1.807, 2.05) is 25.1 Å². The van der Waals surface area contributed by atoms with Gasteiger partial charge in [-0.05, 0) is 49.2 Å². The summed E-state index contributed by atoms with van der Waals surface area (Å²) in [7, 11) is 1.39. The summed E-state index contributed by atoms with van der Waals surface area (Å²) in [5.74, 6) is -2.74. The van der Waals surface area contributed by atoms with Gasteiger partial charge in [-0.1, -0.05) is 18.2 Å². The van der Waals surface area contributed by atoms with Crippen LogP contribution in [-0.4, -0.2) is 63.9 Å². The zero-order chi connectivity index (χ0) is 25.8. The number of anilines is 1. The Morgan fingerprint density at radius 1 is 1.19 bits per heavy atom. The van der Waals surface area contributed by atoms with Crippen LogP contribution >= 0.6 is 0 Å². The number of hydrogen-bond acceptors (Lipinski definition) is 7. The monoisotopic (exact) mass is 490 g/mol. The molecule has 1 fully saturated rings. The van der Waals surface area contributed by atoms with E-state index < -0.39 is 29.6 Å². The Balaban J connectivity index is 1.38. The van der Waals surface area contributed by atoms with Gasteiger partial charge in [-0.25, -0.2) is 4.39 Å². The van der Waals surface area contributed by atoms with Crippen LogP contribution in [0.5, 0.6) is 0 Å². The van der Waals surface area contributed by atoms with Crippen LogP contribution in [0.25, 0.3) is 11.5 Å². The zero-order valence-corrected chi connectivity index (χ0v) is 19.6. The van der Waals surface area contributed by atoms with Crippen LogP contribution in [-0.2, 0) is 9.59 Å². The van der Waals surface area contributed by atoms with Crippen molar-refractivity contribution in [2.75, 3.05) is 25.5 Å². The molecule has 3 amide bonds. The summed E-state index contributed by atoms with van der Waals surface area (Å²) in [4.78, 5) is 40.9. The highest BCUT2D eigenvalue weighted by molar-refractivity contribution is 5.95. The summed E-state index contributed by atoms with van der Waals surface area (Å²) in [5, 5.41) is 19.9. The third-order valence-corrected chi connectivity index (χ3v) is 5.96. The summed E-state index contributed by atoms with van der Waals surface area (Å²) in [6.45, 7) is 1.58. The van der Waals surface area contributed by atoms with E-state index in [0.29, 0.717) is 11.3 Å². The van der Waals surface area contributed by atoms with Crippen LogP contribution in [0.4, 0.5) is 10.1 Å². The normalized spacial score (nSPS) is 16.9. The van der Waals surface area contributed by atoms with E-state index in [1.165, 1.54) is 36.2 Å². The molecule has 0 saturated carbocycles. The number of nitrogens with zero attached hydrogens (tertiary/aromatic N) is 5. The van der Waals surface area contributed by atoms with Gasteiger partial charge in [0.15, 0.2) is 0 Å². The number of amides is 3. The van der Waals surface area contributed by atoms with Crippen LogP contribution in [0.1, 0.15) is 22.7 Å². The zero-order valence-electron chi connectivity index (χ0n) is 19.6. The minimum atomic E-state index is -0.790. The fourth-order valence-corrected chi connectivity index (χ4v) is 3.92. The maximum atomic E-state index is 13.1. The van der Waals surface area contributed by atoms with Gasteiger partial charge in [-0.3, -0.25) is 14.4 Å². The maximum Gasteiger partial charge on any atom is 0.311 e. The summed E-state index contributed by atoms with van der Waals surface area (Å²) >= 11 is 0. The Labute approximate surface area is 206 Å². The molecule has 1 N–H and O–H groups in total. The number of nitriles is 1. The van der Waals surface area contributed by atoms with Crippen molar-refractivity contribution in [2.45, 2.75) is 19.4 Å². The largest absolute Gasteiger partial charge is 0.412 e. The molecule has 1 saturated heterocycles. The highest BCUT2D eigenvalue weighted by Gasteiger charge is 2.39. The molecule has 2 aromatic carbocycles. The van der Waals surface area contributed by atoms with Crippen LogP contribution in [0.15, 0.2) is 52.9 Å². The van der Waals surface area contributed by atoms with Gasteiger partial charge in [0.2, 0.25) is 17.7 Å². The van der Waals surface area contributed by atoms with Gasteiger partial charge in [0.1, 0.15) is 11.9 Å². The molecule has 0 bridgehead atoms. The number of para-hydroxylation sites is 1. The second-order valence-corrected chi connectivity index (χ2v) is 8.51. The van der Waals surface area contributed by atoms with E-state index in [0.717, 1.165) is 10.5 Å². The number of aryl methyl sites for hydroxylation is 1. The topological polar surface area (TPSA) is 132 Å². The smallest absolute Gasteiger partial charge is 0.311 e. The van der Waals surface area contributed by atoms with Crippen molar-refractivity contribution in [2.24, 2.45) is 5.92 Å². The quantitative estimate of drug-likeness (QED) is 0.562. The first-order valence-corrected chi connectivity index (χ1v) is 11.2. The molecule has 1 aromatic heterocycles. The molecule has 2 unspecified atom stereocenters. The van der Waals surface area contributed by atoms with Gasteiger partial charge in [-0.2, -0.15) is 5.26 Å². The number of likely N-dealkylation sites (N-methyl/N-ethyl adjacent to an activating group) is 1. The van der Waals surface area contributed by atoms with E-state index in [-0.39, 0.29) is 37.2 Å². The van der Waals surface area contributed by atoms with Crippen LogP contribution in [0, 0.1) is 30.0 Å². The lowest BCUT2D eigenvalue weighted by atomic mass is 10.0. The second kappa shape index (κ2) is 10.4. The van der Waals surface area contributed by atoms with E-state index in [9.17, 15) is 24.0 Å². The number of nitrogens with one attached hydrogen (secondary N) is 1. The Morgan fingerprint density at radius 3 is 2.61 bits per heavy atom. The van der Waals surface area contributed by atoms with E-state index in [2.05, 4.69) is 21.6 Å². The average Bonchev–Trinajstić information content (AvgIpc) is 3.53. The summed E-state index contributed by atoms with van der Waals surface area (Å²) < 4.78 is 18.5. The van der Waals surface area contributed by atoms with Gasteiger partial charge in [0.05, 0.1) is 18.5 Å². The number of hydrogen-bond donors (Lipinski definition) is 1. The molecule has 3 aromatic rings. The van der Waals surface area contributed by atoms with Crippen molar-refractivity contribution in [3.8, 4) is 17.5 Å². The molecule has 2 heterocycles. The molecule has 1 aliphatic rings. The number of benzene rings is 2. The predicted octanol–water partition coefficient (Wildman–Crippen LogP) is 2.64. The molecule has 4 rings (SSSR count). The van der Waals surface area contributed by atoms with Crippen molar-refractivity contribution in [3.63, 3.8) is 0 Å². The number of carbonyl (C=O) groups excluding carboxylic acids is 3. The summed E-state index contributed by atoms with van der Waals surface area (Å²) in [6.07, 6.45) is 0.197. The minimum absolute atomic E-state index is 0.0321. The fourth-order valence-electron chi connectivity index (χ4n) is 3.92. The highest BCUT2D eigenvalue weighted by Crippen LogP contribution is 2.26. The molecule has 11 heteroatoms. The minimum Gasteiger partial charge on any atom is -0.412 e. The summed E-state index contributed by atoms with van der Waals surface area (Å²) in [6, 6.07) is 13.9. The fraction of sp³-hybridized carbons (Fsp3) is 0.280. The molecule has 10 nitrogen and oxygen atoms in total. The second-order valence-electron chi connectivity index (χ2n) is 8.51. The van der Waals surface area contributed by atoms with Crippen molar-refractivity contribution in [1.29, 1.82) is 5.26 Å². The summed E-state index contributed by atoms with van der Waals surface area (Å²) in [5.41, 5.74) is 2.01. The van der Waals surface area contributed by atoms with Gasteiger partial charge in [0.25, 0.3) is 0 Å². The molecule has 2 atom stereocenters. The Morgan fingerprint density at radius 2 is 1.92 bits per heavy atom. The van der Waals surface area contributed by atoms with Crippen LogP contribution in [0.2, 0.25) is 0 Å². The number of likely N-dealkylation sites (tertiary alicyclic amines) is 1. The van der Waals surface area contributed by atoms with Gasteiger partial charge >= 0.3 is 11.8 Å². The molecule has 184 valence electrons. The lowest BCUT2D eigenvalue weighted by molar-refractivity contribution is -0.131. The number of carbonyl (C=O) groups is 3. The first-order valence-electron chi connectivity index (χ1n) is 11.2. The molecule has 36 heavy (non-hydrogen) atoms. The first-order chi connectivity index (χ1) is 17.3. The number of rotatable bonds is 6. The third kappa shape index (κ3) is 5.22. The molecule has 0 radical (unpaired) electrons. The van der Waals surface area contributed by atoms with Gasteiger partial charge < -0.3 is 19.5 Å². The van der Waals surface area contributed by atoms with E-state index in [4.69, 9.17) is 4.42 Å².